The second kappa shape index (κ2) is 7.20. The molecule has 19 heavy (non-hydrogen) atoms. The van der Waals surface area contributed by atoms with Gasteiger partial charge in [0.05, 0.1) is 3.79 Å². The zero-order chi connectivity index (χ0) is 13.7. The predicted molar refractivity (Wildman–Crippen MR) is 83.0 cm³/mol. The summed E-state index contributed by atoms with van der Waals surface area (Å²) in [7, 11) is -3.31. The third-order valence-corrected chi connectivity index (χ3v) is 7.21. The van der Waals surface area contributed by atoms with E-state index >= 15 is 0 Å². The first-order valence-corrected chi connectivity index (χ1v) is 9.92. The summed E-state index contributed by atoms with van der Waals surface area (Å²) >= 11 is 4.54. The maximum atomic E-state index is 12.0. The summed E-state index contributed by atoms with van der Waals surface area (Å²) in [6, 6.07) is 3.41. The maximum absolute atomic E-state index is 12.0. The molecule has 0 aromatic carbocycles. The van der Waals surface area contributed by atoms with Gasteiger partial charge in [0.2, 0.25) is 10.0 Å². The molecule has 0 unspecified atom stereocenters. The molecule has 1 heterocycles. The molecule has 1 fully saturated rings. The summed E-state index contributed by atoms with van der Waals surface area (Å²) in [5.74, 6) is 0.695. The highest BCUT2D eigenvalue weighted by molar-refractivity contribution is 9.11. The van der Waals surface area contributed by atoms with Gasteiger partial charge in [0.15, 0.2) is 0 Å². The van der Waals surface area contributed by atoms with Gasteiger partial charge in [0.1, 0.15) is 4.21 Å². The number of halogens is 1. The third kappa shape index (κ3) is 4.85. The molecule has 0 bridgehead atoms. The number of nitrogens with one attached hydrogen (secondary N) is 1. The van der Waals surface area contributed by atoms with E-state index < -0.39 is 10.0 Å². The average Bonchev–Trinajstić information content (AvgIpc) is 2.64. The van der Waals surface area contributed by atoms with Crippen LogP contribution >= 0.6 is 27.3 Å². The average molecular weight is 366 g/mol. The van der Waals surface area contributed by atoms with Crippen LogP contribution in [0.2, 0.25) is 0 Å². The molecule has 1 N–H and O–H groups in total. The fourth-order valence-electron chi connectivity index (χ4n) is 2.56. The van der Waals surface area contributed by atoms with E-state index in [4.69, 9.17) is 0 Å². The highest BCUT2D eigenvalue weighted by atomic mass is 79.9. The van der Waals surface area contributed by atoms with Crippen molar-refractivity contribution in [3.05, 3.63) is 15.9 Å². The molecule has 1 aliphatic rings. The van der Waals surface area contributed by atoms with Gasteiger partial charge in [-0.2, -0.15) is 0 Å². The fourth-order valence-corrected chi connectivity index (χ4v) is 5.67. The number of thiophene rings is 1. The number of rotatable bonds is 5. The van der Waals surface area contributed by atoms with Crippen LogP contribution in [0.3, 0.4) is 0 Å². The van der Waals surface area contributed by atoms with Gasteiger partial charge in [0, 0.05) is 6.54 Å². The Bertz CT molecular complexity index is 490. The van der Waals surface area contributed by atoms with Crippen molar-refractivity contribution in [2.75, 3.05) is 6.54 Å². The zero-order valence-corrected chi connectivity index (χ0v) is 14.1. The Labute approximate surface area is 128 Å². The van der Waals surface area contributed by atoms with E-state index in [1.54, 1.807) is 12.1 Å². The largest absolute Gasteiger partial charge is 0.250 e. The van der Waals surface area contributed by atoms with Crippen LogP contribution in [0.4, 0.5) is 0 Å². The normalized spacial score (nSPS) is 18.4. The molecule has 0 amide bonds. The Kier molecular flexibility index (Phi) is 5.87. The highest BCUT2D eigenvalue weighted by Gasteiger charge is 2.17. The van der Waals surface area contributed by atoms with Crippen LogP contribution in [0.1, 0.15) is 44.9 Å². The van der Waals surface area contributed by atoms with Crippen LogP contribution in [0, 0.1) is 5.92 Å². The van der Waals surface area contributed by atoms with Crippen LogP contribution in [-0.4, -0.2) is 15.0 Å². The minimum Gasteiger partial charge on any atom is -0.210 e. The quantitative estimate of drug-likeness (QED) is 0.796. The molecule has 0 spiro atoms. The van der Waals surface area contributed by atoms with E-state index in [0.29, 0.717) is 16.7 Å². The van der Waals surface area contributed by atoms with Gasteiger partial charge in [-0.05, 0) is 40.4 Å². The van der Waals surface area contributed by atoms with Crippen LogP contribution < -0.4 is 4.72 Å². The summed E-state index contributed by atoms with van der Waals surface area (Å²) in [5, 5.41) is 0. The lowest BCUT2D eigenvalue weighted by Gasteiger charge is -2.13. The number of hydrogen-bond donors (Lipinski definition) is 1. The van der Waals surface area contributed by atoms with Crippen molar-refractivity contribution in [3.8, 4) is 0 Å². The van der Waals surface area contributed by atoms with E-state index in [1.165, 1.54) is 49.9 Å². The standard InChI is InChI=1S/C13H20BrNO2S2/c14-12-7-8-13(18-12)19(16,17)15-10-9-11-5-3-1-2-4-6-11/h7-8,11,15H,1-6,9-10H2. The second-order valence-electron chi connectivity index (χ2n) is 5.10. The van der Waals surface area contributed by atoms with Gasteiger partial charge in [-0.25, -0.2) is 13.1 Å². The molecule has 0 atom stereocenters. The summed E-state index contributed by atoms with van der Waals surface area (Å²) < 4.78 is 28.0. The maximum Gasteiger partial charge on any atom is 0.250 e. The lowest BCUT2D eigenvalue weighted by Crippen LogP contribution is -2.25. The fraction of sp³-hybridized carbons (Fsp3) is 0.692. The first-order chi connectivity index (χ1) is 9.08. The first kappa shape index (κ1) is 15.5. The summed E-state index contributed by atoms with van der Waals surface area (Å²) in [6.45, 7) is 0.558. The molecular formula is C13H20BrNO2S2. The summed E-state index contributed by atoms with van der Waals surface area (Å²) in [6.07, 6.45) is 8.76. The molecule has 108 valence electrons. The molecule has 0 saturated heterocycles. The first-order valence-electron chi connectivity index (χ1n) is 6.83. The Balaban J connectivity index is 1.81. The van der Waals surface area contributed by atoms with Crippen molar-refractivity contribution in [1.29, 1.82) is 0 Å². The molecule has 2 rings (SSSR count). The van der Waals surface area contributed by atoms with Gasteiger partial charge in [0.25, 0.3) is 0 Å². The van der Waals surface area contributed by atoms with Crippen molar-refractivity contribution in [3.63, 3.8) is 0 Å². The molecule has 6 heteroatoms. The van der Waals surface area contributed by atoms with Gasteiger partial charge >= 0.3 is 0 Å². The smallest absolute Gasteiger partial charge is 0.210 e. The van der Waals surface area contributed by atoms with Crippen LogP contribution in [-0.2, 0) is 10.0 Å². The van der Waals surface area contributed by atoms with Crippen LogP contribution in [0.5, 0.6) is 0 Å². The Morgan fingerprint density at radius 1 is 1.21 bits per heavy atom. The molecule has 0 radical (unpaired) electrons. The highest BCUT2D eigenvalue weighted by Crippen LogP contribution is 2.27. The van der Waals surface area contributed by atoms with E-state index in [1.807, 2.05) is 0 Å². The van der Waals surface area contributed by atoms with Gasteiger partial charge in [-0.15, -0.1) is 11.3 Å². The van der Waals surface area contributed by atoms with E-state index in [0.717, 1.165) is 10.2 Å². The van der Waals surface area contributed by atoms with Crippen LogP contribution in [0.15, 0.2) is 20.1 Å². The SMILES string of the molecule is O=S(=O)(NCCC1CCCCCC1)c1ccc(Br)s1. The Morgan fingerprint density at radius 2 is 1.89 bits per heavy atom. The van der Waals surface area contributed by atoms with Crippen LogP contribution in [0.25, 0.3) is 0 Å². The molecule has 0 aliphatic heterocycles. The summed E-state index contributed by atoms with van der Waals surface area (Å²) in [5.41, 5.74) is 0. The van der Waals surface area contributed by atoms with Crippen molar-refractivity contribution < 1.29 is 8.42 Å². The molecule has 3 nitrogen and oxygen atoms in total. The lowest BCUT2D eigenvalue weighted by molar-refractivity contribution is 0.427. The van der Waals surface area contributed by atoms with Crippen molar-refractivity contribution >= 4 is 37.3 Å². The minimum absolute atomic E-state index is 0.389. The van der Waals surface area contributed by atoms with Crippen molar-refractivity contribution in [2.24, 2.45) is 5.92 Å². The van der Waals surface area contributed by atoms with Gasteiger partial charge in [-0.1, -0.05) is 38.5 Å². The van der Waals surface area contributed by atoms with E-state index in [9.17, 15) is 8.42 Å². The number of sulfonamides is 1. The topological polar surface area (TPSA) is 46.2 Å². The van der Waals surface area contributed by atoms with Gasteiger partial charge < -0.3 is 0 Å². The van der Waals surface area contributed by atoms with E-state index in [-0.39, 0.29) is 0 Å². The number of hydrogen-bond acceptors (Lipinski definition) is 3. The molecule has 1 aromatic rings. The molecule has 1 aliphatic carbocycles. The van der Waals surface area contributed by atoms with Crippen molar-refractivity contribution in [2.45, 2.75) is 49.2 Å². The van der Waals surface area contributed by atoms with Gasteiger partial charge in [-0.3, -0.25) is 0 Å². The van der Waals surface area contributed by atoms with Crippen molar-refractivity contribution in [1.82, 2.24) is 4.72 Å². The Hall–Kier alpha value is 0.0900. The lowest BCUT2D eigenvalue weighted by atomic mass is 9.97. The molecule has 1 saturated carbocycles. The monoisotopic (exact) mass is 365 g/mol. The molecule has 1 aromatic heterocycles. The molecular weight excluding hydrogens is 346 g/mol. The third-order valence-electron chi connectivity index (χ3n) is 3.63. The Morgan fingerprint density at radius 3 is 2.47 bits per heavy atom. The second-order valence-corrected chi connectivity index (χ2v) is 9.56. The van der Waals surface area contributed by atoms with E-state index in [2.05, 4.69) is 20.7 Å². The minimum atomic E-state index is -3.31. The summed E-state index contributed by atoms with van der Waals surface area (Å²) in [4.78, 5) is 0. The predicted octanol–water partition coefficient (Wildman–Crippen LogP) is 4.15. The zero-order valence-electron chi connectivity index (χ0n) is 10.9.